The van der Waals surface area contributed by atoms with Gasteiger partial charge in [-0.3, -0.25) is 47.9 Å². The maximum absolute atomic E-state index is 13.0. The number of hydrogen-bond acceptors (Lipinski definition) is 12. The minimum Gasteiger partial charge on any atom is -0.480 e. The van der Waals surface area contributed by atoms with Gasteiger partial charge in [-0.25, -0.2) is 0 Å². The summed E-state index contributed by atoms with van der Waals surface area (Å²) in [5, 5.41) is 41.4. The highest BCUT2D eigenvalue weighted by atomic mass is 16.4. The van der Waals surface area contributed by atoms with Crippen molar-refractivity contribution in [2.24, 2.45) is 5.92 Å². The van der Waals surface area contributed by atoms with Crippen LogP contribution >= 0.6 is 0 Å². The maximum atomic E-state index is 13.0. The van der Waals surface area contributed by atoms with Gasteiger partial charge in [0.15, 0.2) is 0 Å². The molecule has 22 heteroatoms. The van der Waals surface area contributed by atoms with Gasteiger partial charge in [0.1, 0.15) is 18.6 Å². The Bertz CT molecular complexity index is 1260. The fourth-order valence-corrected chi connectivity index (χ4v) is 4.07. The molecule has 22 nitrogen and oxygen atoms in total. The number of aliphatic hydroxyl groups excluding tert-OH is 1. The number of carboxylic acid groups (broad SMARTS) is 1. The molecule has 12 N–H and O–H groups in total. The molecule has 0 aromatic carbocycles. The van der Waals surface area contributed by atoms with E-state index in [9.17, 15) is 53.1 Å². The summed E-state index contributed by atoms with van der Waals surface area (Å²) in [7, 11) is 0. The SMILES string of the molecule is CC[C@H](C)[C@H](NC(=O)CNC(=O)[C@@H]1CCCN1)C(=O)N[C@@H](CO)C(=O)NCC(=O)NCC(=O)NCC(=O)NCC(=O)NCC(=O)NCC(=O)O. The van der Waals surface area contributed by atoms with Gasteiger partial charge in [-0.05, 0) is 25.3 Å². The van der Waals surface area contributed by atoms with Gasteiger partial charge in [0.2, 0.25) is 53.2 Å². The summed E-state index contributed by atoms with van der Waals surface area (Å²) in [6.07, 6.45) is 1.94. The van der Waals surface area contributed by atoms with Crippen molar-refractivity contribution >= 4 is 59.1 Å². The second-order valence-corrected chi connectivity index (χ2v) is 11.0. The van der Waals surface area contributed by atoms with Crippen molar-refractivity contribution < 1.29 is 58.2 Å². The fourth-order valence-electron chi connectivity index (χ4n) is 4.07. The first-order valence-corrected chi connectivity index (χ1v) is 15.7. The number of amides is 9. The van der Waals surface area contributed by atoms with Gasteiger partial charge in [-0.2, -0.15) is 0 Å². The van der Waals surface area contributed by atoms with Crippen LogP contribution < -0.4 is 53.2 Å². The first kappa shape index (κ1) is 42.6. The van der Waals surface area contributed by atoms with Crippen LogP contribution in [0.2, 0.25) is 0 Å². The predicted octanol–water partition coefficient (Wildman–Crippen LogP) is -7.36. The summed E-state index contributed by atoms with van der Waals surface area (Å²) in [5.41, 5.74) is 0. The van der Waals surface area contributed by atoms with E-state index in [4.69, 9.17) is 5.11 Å². The zero-order chi connectivity index (χ0) is 37.6. The van der Waals surface area contributed by atoms with E-state index in [2.05, 4.69) is 47.9 Å². The summed E-state index contributed by atoms with van der Waals surface area (Å²) < 4.78 is 0. The van der Waals surface area contributed by atoms with Crippen molar-refractivity contribution in [3.8, 4) is 0 Å². The lowest BCUT2D eigenvalue weighted by Gasteiger charge is -2.26. The van der Waals surface area contributed by atoms with Crippen LogP contribution in [0, 0.1) is 5.92 Å². The predicted molar refractivity (Wildman–Crippen MR) is 170 cm³/mol. The fraction of sp³-hybridized carbons (Fsp3) is 0.643. The van der Waals surface area contributed by atoms with Crippen molar-refractivity contribution in [3.63, 3.8) is 0 Å². The number of nitrogens with one attached hydrogen (secondary N) is 10. The third kappa shape index (κ3) is 17.7. The molecule has 50 heavy (non-hydrogen) atoms. The molecule has 0 unspecified atom stereocenters. The van der Waals surface area contributed by atoms with E-state index in [-0.39, 0.29) is 12.5 Å². The molecular formula is C28H46N10O12. The van der Waals surface area contributed by atoms with Crippen LogP contribution in [0.5, 0.6) is 0 Å². The van der Waals surface area contributed by atoms with E-state index in [1.54, 1.807) is 13.8 Å². The van der Waals surface area contributed by atoms with Crippen LogP contribution in [-0.4, -0.2) is 146 Å². The standard InChI is InChI=1S/C28H46N10O12/c1-3-15(2)25(38-23(45)12-36-26(48)16-5-4-6-29-16)28(50)37-17(14-39)27(49)35-11-22(44)33-9-20(42)31-7-18(40)30-8-19(41)32-10-21(43)34-13-24(46)47/h15-17,25,29,39H,3-14H2,1-2H3,(H,30,40)(H,31,42)(H,32,41)(H,33,44)(H,34,43)(H,35,49)(H,36,48)(H,37,50)(H,38,45)(H,46,47)/t15-,16-,17-,25-/m0/s1. The van der Waals surface area contributed by atoms with E-state index in [1.165, 1.54) is 0 Å². The lowest BCUT2D eigenvalue weighted by molar-refractivity contribution is -0.138. The number of hydrogen-bond donors (Lipinski definition) is 12. The number of rotatable bonds is 22. The molecule has 0 aromatic heterocycles. The molecule has 1 fully saturated rings. The summed E-state index contributed by atoms with van der Waals surface area (Å²) in [4.78, 5) is 119. The second kappa shape index (κ2) is 23.1. The lowest BCUT2D eigenvalue weighted by atomic mass is 9.98. The largest absolute Gasteiger partial charge is 0.480 e. The summed E-state index contributed by atoms with van der Waals surface area (Å²) in [6, 6.07) is -3.00. The Morgan fingerprint density at radius 1 is 0.640 bits per heavy atom. The molecular weight excluding hydrogens is 668 g/mol. The highest BCUT2D eigenvalue weighted by molar-refractivity contribution is 5.95. The average Bonchev–Trinajstić information content (AvgIpc) is 3.64. The van der Waals surface area contributed by atoms with Crippen molar-refractivity contribution in [1.82, 2.24) is 53.2 Å². The second-order valence-electron chi connectivity index (χ2n) is 11.0. The Kier molecular flexibility index (Phi) is 19.7. The Hall–Kier alpha value is -5.38. The van der Waals surface area contributed by atoms with Gasteiger partial charge < -0.3 is 63.4 Å². The highest BCUT2D eigenvalue weighted by Crippen LogP contribution is 2.09. The number of carbonyl (C=O) groups excluding carboxylic acids is 9. The molecule has 1 heterocycles. The molecule has 0 radical (unpaired) electrons. The molecule has 0 aromatic rings. The quantitative estimate of drug-likeness (QED) is 0.0497. The maximum Gasteiger partial charge on any atom is 0.322 e. The monoisotopic (exact) mass is 714 g/mol. The zero-order valence-electron chi connectivity index (χ0n) is 27.8. The normalized spacial score (nSPS) is 15.1. The smallest absolute Gasteiger partial charge is 0.322 e. The van der Waals surface area contributed by atoms with Gasteiger partial charge in [-0.15, -0.1) is 0 Å². The molecule has 0 saturated carbocycles. The first-order valence-electron chi connectivity index (χ1n) is 15.7. The molecule has 0 aliphatic carbocycles. The van der Waals surface area contributed by atoms with E-state index >= 15 is 0 Å². The Morgan fingerprint density at radius 3 is 1.52 bits per heavy atom. The molecule has 9 amide bonds. The van der Waals surface area contributed by atoms with Crippen LogP contribution in [0.15, 0.2) is 0 Å². The van der Waals surface area contributed by atoms with Crippen molar-refractivity contribution in [2.75, 3.05) is 59.0 Å². The van der Waals surface area contributed by atoms with Crippen LogP contribution in [0.1, 0.15) is 33.1 Å². The van der Waals surface area contributed by atoms with Gasteiger partial charge in [0.05, 0.1) is 51.9 Å². The van der Waals surface area contributed by atoms with Crippen LogP contribution in [0.4, 0.5) is 0 Å². The molecule has 1 aliphatic rings. The minimum absolute atomic E-state index is 0.338. The summed E-state index contributed by atoms with van der Waals surface area (Å²) in [6.45, 7) is -0.569. The van der Waals surface area contributed by atoms with Crippen molar-refractivity contribution in [2.45, 2.75) is 51.2 Å². The molecule has 4 atom stereocenters. The third-order valence-corrected chi connectivity index (χ3v) is 7.07. The Labute approximate surface area is 286 Å². The molecule has 0 spiro atoms. The van der Waals surface area contributed by atoms with E-state index in [0.717, 1.165) is 6.42 Å². The molecule has 0 bridgehead atoms. The summed E-state index contributed by atoms with van der Waals surface area (Å²) in [5.74, 6) is -8.28. The molecule has 1 saturated heterocycles. The first-order chi connectivity index (χ1) is 23.7. The van der Waals surface area contributed by atoms with Gasteiger partial charge in [0.25, 0.3) is 0 Å². The molecule has 280 valence electrons. The average molecular weight is 715 g/mol. The van der Waals surface area contributed by atoms with Gasteiger partial charge in [-0.1, -0.05) is 20.3 Å². The van der Waals surface area contributed by atoms with Crippen molar-refractivity contribution in [1.29, 1.82) is 0 Å². The van der Waals surface area contributed by atoms with Crippen LogP contribution in [0.25, 0.3) is 0 Å². The van der Waals surface area contributed by atoms with Crippen LogP contribution in [0.3, 0.4) is 0 Å². The Balaban J connectivity index is 2.40. The van der Waals surface area contributed by atoms with Gasteiger partial charge in [0, 0.05) is 0 Å². The van der Waals surface area contributed by atoms with E-state index in [1.807, 2.05) is 5.32 Å². The zero-order valence-corrected chi connectivity index (χ0v) is 27.8. The number of carbonyl (C=O) groups is 10. The number of aliphatic hydroxyl groups is 1. The van der Waals surface area contributed by atoms with Crippen LogP contribution in [-0.2, 0) is 47.9 Å². The number of aliphatic carboxylic acids is 1. The van der Waals surface area contributed by atoms with E-state index < -0.39 is 123 Å². The minimum atomic E-state index is -1.50. The topological polar surface area (TPSA) is 331 Å². The number of carboxylic acids is 1. The van der Waals surface area contributed by atoms with Gasteiger partial charge >= 0.3 is 5.97 Å². The summed E-state index contributed by atoms with van der Waals surface area (Å²) >= 11 is 0. The van der Waals surface area contributed by atoms with E-state index in [0.29, 0.717) is 19.4 Å². The third-order valence-electron chi connectivity index (χ3n) is 7.07. The molecule has 1 rings (SSSR count). The lowest BCUT2D eigenvalue weighted by Crippen LogP contribution is -2.58. The highest BCUT2D eigenvalue weighted by Gasteiger charge is 2.30. The Morgan fingerprint density at radius 2 is 1.10 bits per heavy atom. The molecule has 1 aliphatic heterocycles. The van der Waals surface area contributed by atoms with Crippen molar-refractivity contribution in [3.05, 3.63) is 0 Å².